The molecule has 0 spiro atoms. The number of rotatable bonds is 5. The molecule has 2 aliphatic rings. The second-order valence-electron chi connectivity index (χ2n) is 9.75. The van der Waals surface area contributed by atoms with Gasteiger partial charge in [0.05, 0.1) is 23.6 Å². The van der Waals surface area contributed by atoms with E-state index in [1.807, 2.05) is 68.4 Å². The average molecular weight is 521 g/mol. The Labute approximate surface area is 224 Å². The van der Waals surface area contributed by atoms with E-state index in [4.69, 9.17) is 10.5 Å². The largest absolute Gasteiger partial charge is 0.444 e. The summed E-state index contributed by atoms with van der Waals surface area (Å²) in [5.41, 5.74) is 13.8. The van der Waals surface area contributed by atoms with Crippen LogP contribution in [0, 0.1) is 13.8 Å². The lowest BCUT2D eigenvalue weighted by molar-refractivity contribution is -0.117. The van der Waals surface area contributed by atoms with E-state index in [0.29, 0.717) is 18.0 Å². The number of benzene rings is 3. The van der Waals surface area contributed by atoms with Crippen molar-refractivity contribution in [3.8, 4) is 11.1 Å². The van der Waals surface area contributed by atoms with Crippen molar-refractivity contribution in [2.75, 3.05) is 35.6 Å². The molecular formula is C29H33ClN4O3. The second-order valence-corrected chi connectivity index (χ2v) is 9.75. The van der Waals surface area contributed by atoms with Gasteiger partial charge in [0, 0.05) is 30.3 Å². The van der Waals surface area contributed by atoms with Crippen LogP contribution < -0.4 is 16.0 Å². The molecule has 5 rings (SSSR count). The molecule has 2 heterocycles. The lowest BCUT2D eigenvalue weighted by Gasteiger charge is -2.40. The van der Waals surface area contributed by atoms with Crippen molar-refractivity contribution in [1.82, 2.24) is 4.90 Å². The average Bonchev–Trinajstić information content (AvgIpc) is 2.87. The van der Waals surface area contributed by atoms with Gasteiger partial charge in [-0.1, -0.05) is 59.7 Å². The summed E-state index contributed by atoms with van der Waals surface area (Å²) in [6, 6.07) is 20.0. The number of amides is 2. The van der Waals surface area contributed by atoms with Gasteiger partial charge in [-0.05, 0) is 44.4 Å². The molecule has 3 aromatic rings. The third-order valence-electron chi connectivity index (χ3n) is 7.07. The number of ether oxygens (including phenoxy) is 1. The van der Waals surface area contributed by atoms with E-state index >= 15 is 0 Å². The minimum Gasteiger partial charge on any atom is -0.444 e. The molecule has 7 nitrogen and oxygen atoms in total. The first-order valence-corrected chi connectivity index (χ1v) is 12.4. The summed E-state index contributed by atoms with van der Waals surface area (Å²) in [5.74, 6) is -0.0978. The van der Waals surface area contributed by atoms with Crippen LogP contribution in [-0.2, 0) is 16.1 Å². The number of nitrogens with two attached hydrogens (primary N) is 1. The number of nitrogen functional groups attached to an aromatic ring is 1. The monoisotopic (exact) mass is 520 g/mol. The molecule has 3 N–H and O–H groups in total. The van der Waals surface area contributed by atoms with Gasteiger partial charge in [-0.25, -0.2) is 4.79 Å². The number of nitrogens with one attached hydrogen (secondary N) is 1. The number of nitrogens with zero attached hydrogens (tertiary/aromatic N) is 2. The summed E-state index contributed by atoms with van der Waals surface area (Å²) in [6.45, 7) is 6.13. The molecule has 1 saturated heterocycles. The Morgan fingerprint density at radius 2 is 1.73 bits per heavy atom. The Hall–Kier alpha value is -3.55. The number of aryl methyl sites for hydroxylation is 2. The van der Waals surface area contributed by atoms with Gasteiger partial charge < -0.3 is 15.8 Å². The van der Waals surface area contributed by atoms with Crippen molar-refractivity contribution >= 4 is 41.5 Å². The topological polar surface area (TPSA) is 87.9 Å². The number of para-hydroxylation sites is 1. The highest BCUT2D eigenvalue weighted by atomic mass is 35.5. The maximum Gasteiger partial charge on any atom is 0.414 e. The lowest BCUT2D eigenvalue weighted by atomic mass is 10.00. The Morgan fingerprint density at radius 1 is 1.03 bits per heavy atom. The van der Waals surface area contributed by atoms with Crippen LogP contribution in [0.25, 0.3) is 11.1 Å². The molecule has 37 heavy (non-hydrogen) atoms. The SMILES string of the molecule is Cc1ccc(-c2cccc(NC(=O)CN3CCC(N4C(=O)OCc5cc(C)ccc54)CC3)c2N)cc1.Cl. The number of anilines is 3. The Bertz CT molecular complexity index is 1290. The summed E-state index contributed by atoms with van der Waals surface area (Å²) in [6.07, 6.45) is 1.27. The third kappa shape index (κ3) is 5.73. The number of hydrogen-bond acceptors (Lipinski definition) is 5. The van der Waals surface area contributed by atoms with Gasteiger partial charge in [0.15, 0.2) is 0 Å². The zero-order chi connectivity index (χ0) is 25.2. The van der Waals surface area contributed by atoms with Crippen LogP contribution in [0.3, 0.4) is 0 Å². The van der Waals surface area contributed by atoms with Crippen LogP contribution in [0.5, 0.6) is 0 Å². The number of halogens is 1. The number of piperidine rings is 1. The van der Waals surface area contributed by atoms with Crippen LogP contribution in [-0.4, -0.2) is 42.6 Å². The standard InChI is InChI=1S/C29H32N4O3.ClH/c1-19-6-9-21(10-7-19)24-4-3-5-25(28(24)30)31-27(34)17-32-14-12-23(13-15-32)33-26-11-8-20(2)16-22(26)18-36-29(33)35;/h3-11,16,23H,12-15,17-18,30H2,1-2H3,(H,31,34);1H. The van der Waals surface area contributed by atoms with Gasteiger partial charge >= 0.3 is 6.09 Å². The van der Waals surface area contributed by atoms with E-state index in [9.17, 15) is 9.59 Å². The van der Waals surface area contributed by atoms with Gasteiger partial charge in [-0.15, -0.1) is 12.4 Å². The zero-order valence-electron chi connectivity index (χ0n) is 21.2. The smallest absolute Gasteiger partial charge is 0.414 e. The Kier molecular flexibility index (Phi) is 8.05. The number of hydrogen-bond donors (Lipinski definition) is 2. The number of carbonyl (C=O) groups excluding carboxylic acids is 2. The maximum absolute atomic E-state index is 12.9. The predicted molar refractivity (Wildman–Crippen MR) is 150 cm³/mol. The molecule has 0 aromatic heterocycles. The highest BCUT2D eigenvalue weighted by Gasteiger charge is 2.34. The molecule has 2 aliphatic heterocycles. The minimum absolute atomic E-state index is 0. The molecule has 1 fully saturated rings. The molecule has 0 unspecified atom stereocenters. The molecule has 0 aliphatic carbocycles. The van der Waals surface area contributed by atoms with Crippen LogP contribution in [0.1, 0.15) is 29.5 Å². The van der Waals surface area contributed by atoms with E-state index in [0.717, 1.165) is 53.9 Å². The van der Waals surface area contributed by atoms with Crippen molar-refractivity contribution in [2.24, 2.45) is 0 Å². The number of likely N-dealkylation sites (tertiary alicyclic amines) is 1. The highest BCUT2D eigenvalue weighted by Crippen LogP contribution is 2.33. The van der Waals surface area contributed by atoms with Crippen molar-refractivity contribution in [1.29, 1.82) is 0 Å². The number of carbonyl (C=O) groups is 2. The van der Waals surface area contributed by atoms with Crippen molar-refractivity contribution in [2.45, 2.75) is 39.3 Å². The molecule has 2 amide bonds. The molecule has 194 valence electrons. The van der Waals surface area contributed by atoms with Gasteiger partial charge in [0.25, 0.3) is 0 Å². The van der Waals surface area contributed by atoms with E-state index in [1.165, 1.54) is 5.56 Å². The summed E-state index contributed by atoms with van der Waals surface area (Å²) < 4.78 is 5.44. The fraction of sp³-hybridized carbons (Fsp3) is 0.310. The predicted octanol–water partition coefficient (Wildman–Crippen LogP) is 5.53. The van der Waals surface area contributed by atoms with Gasteiger partial charge in [0.2, 0.25) is 5.91 Å². The second kappa shape index (κ2) is 11.2. The van der Waals surface area contributed by atoms with Gasteiger partial charge in [0.1, 0.15) is 6.61 Å². The molecule has 0 bridgehead atoms. The molecule has 0 atom stereocenters. The van der Waals surface area contributed by atoms with Crippen molar-refractivity contribution < 1.29 is 14.3 Å². The van der Waals surface area contributed by atoms with Gasteiger partial charge in [-0.2, -0.15) is 0 Å². The highest BCUT2D eigenvalue weighted by molar-refractivity contribution is 5.98. The fourth-order valence-corrected chi connectivity index (χ4v) is 5.11. The summed E-state index contributed by atoms with van der Waals surface area (Å²) in [4.78, 5) is 29.4. The van der Waals surface area contributed by atoms with E-state index < -0.39 is 0 Å². The van der Waals surface area contributed by atoms with Gasteiger partial charge in [-0.3, -0.25) is 14.6 Å². The Morgan fingerprint density at radius 3 is 2.46 bits per heavy atom. The molecule has 0 radical (unpaired) electrons. The molecular weight excluding hydrogens is 488 g/mol. The number of cyclic esters (lactones) is 1. The first-order valence-electron chi connectivity index (χ1n) is 12.4. The molecule has 0 saturated carbocycles. The summed E-state index contributed by atoms with van der Waals surface area (Å²) >= 11 is 0. The third-order valence-corrected chi connectivity index (χ3v) is 7.07. The maximum atomic E-state index is 12.9. The first kappa shape index (κ1) is 26.5. The quantitative estimate of drug-likeness (QED) is 0.432. The van der Waals surface area contributed by atoms with E-state index in [1.54, 1.807) is 4.90 Å². The molecule has 8 heteroatoms. The lowest BCUT2D eigenvalue weighted by Crippen LogP contribution is -2.50. The van der Waals surface area contributed by atoms with Crippen molar-refractivity contribution in [3.63, 3.8) is 0 Å². The summed E-state index contributed by atoms with van der Waals surface area (Å²) in [7, 11) is 0. The van der Waals surface area contributed by atoms with Crippen LogP contribution in [0.2, 0.25) is 0 Å². The Balaban J connectivity index is 0.00000320. The van der Waals surface area contributed by atoms with Crippen LogP contribution in [0.15, 0.2) is 60.7 Å². The van der Waals surface area contributed by atoms with E-state index in [2.05, 4.69) is 16.3 Å². The van der Waals surface area contributed by atoms with Crippen LogP contribution >= 0.6 is 12.4 Å². The normalized spacial score (nSPS) is 15.9. The number of fused-ring (bicyclic) bond motifs is 1. The van der Waals surface area contributed by atoms with Crippen LogP contribution in [0.4, 0.5) is 21.9 Å². The van der Waals surface area contributed by atoms with E-state index in [-0.39, 0.29) is 37.0 Å². The summed E-state index contributed by atoms with van der Waals surface area (Å²) in [5, 5.41) is 2.99. The molecule has 3 aromatic carbocycles. The fourth-order valence-electron chi connectivity index (χ4n) is 5.11. The minimum atomic E-state index is -0.286. The first-order chi connectivity index (χ1) is 17.4. The van der Waals surface area contributed by atoms with Crippen molar-refractivity contribution in [3.05, 3.63) is 77.4 Å². The zero-order valence-corrected chi connectivity index (χ0v) is 22.0.